The summed E-state index contributed by atoms with van der Waals surface area (Å²) in [5, 5.41) is 11.0. The number of nitrogens with zero attached hydrogens (tertiary/aromatic N) is 2. The molecule has 6 nitrogen and oxygen atoms in total. The molecule has 0 aromatic heterocycles. The molecule has 0 unspecified atom stereocenters. The van der Waals surface area contributed by atoms with E-state index < -0.39 is 4.92 Å². The van der Waals surface area contributed by atoms with Gasteiger partial charge in [0.25, 0.3) is 5.69 Å². The highest BCUT2D eigenvalue weighted by Gasteiger charge is 2.35. The van der Waals surface area contributed by atoms with Crippen LogP contribution in [0.2, 0.25) is 0 Å². The molecule has 0 spiro atoms. The number of ether oxygens (including phenoxy) is 1. The van der Waals surface area contributed by atoms with E-state index in [2.05, 4.69) is 38.1 Å². The molecule has 1 heterocycles. The molecule has 148 valence electrons. The highest BCUT2D eigenvalue weighted by atomic mass is 16.6. The monoisotopic (exact) mass is 382 g/mol. The lowest BCUT2D eigenvalue weighted by atomic mass is 9.93. The molecule has 2 aromatic rings. The van der Waals surface area contributed by atoms with Crippen molar-refractivity contribution in [3.05, 3.63) is 75.3 Å². The number of hydrogen-bond acceptors (Lipinski definition) is 4. The van der Waals surface area contributed by atoms with Crippen LogP contribution in [0.4, 0.5) is 10.5 Å². The number of amides is 1. The summed E-state index contributed by atoms with van der Waals surface area (Å²) >= 11 is 0. The second-order valence-electron chi connectivity index (χ2n) is 7.58. The second-order valence-corrected chi connectivity index (χ2v) is 7.58. The van der Waals surface area contributed by atoms with Gasteiger partial charge < -0.3 is 4.74 Å². The van der Waals surface area contributed by atoms with Crippen LogP contribution in [-0.4, -0.2) is 28.6 Å². The number of nitro groups is 1. The Labute approximate surface area is 165 Å². The van der Waals surface area contributed by atoms with E-state index in [4.69, 9.17) is 4.74 Å². The van der Waals surface area contributed by atoms with E-state index >= 15 is 0 Å². The highest BCUT2D eigenvalue weighted by molar-refractivity contribution is 5.70. The molecule has 1 saturated heterocycles. The van der Waals surface area contributed by atoms with E-state index in [-0.39, 0.29) is 23.9 Å². The van der Waals surface area contributed by atoms with Crippen LogP contribution < -0.4 is 0 Å². The zero-order chi connectivity index (χ0) is 20.3. The standard InChI is InChI=1S/C22H26N2O4/c1-15-6-4-7-18(12-15)16(2)10-11-21-14-23(22(25)28-21)17(3)19-8-5-9-20(13-19)24(26)27/h4-9,12-13,16-17,21H,10-11,14H2,1-3H3/t16-,17+,21+/m1/s1. The summed E-state index contributed by atoms with van der Waals surface area (Å²) in [5.41, 5.74) is 3.31. The zero-order valence-corrected chi connectivity index (χ0v) is 16.5. The molecule has 0 saturated carbocycles. The van der Waals surface area contributed by atoms with E-state index in [0.29, 0.717) is 12.5 Å². The fourth-order valence-corrected chi connectivity index (χ4v) is 3.67. The predicted molar refractivity (Wildman–Crippen MR) is 107 cm³/mol. The molecule has 1 aliphatic rings. The average molecular weight is 382 g/mol. The van der Waals surface area contributed by atoms with Gasteiger partial charge in [-0.3, -0.25) is 15.0 Å². The summed E-state index contributed by atoms with van der Waals surface area (Å²) in [7, 11) is 0. The third-order valence-electron chi connectivity index (χ3n) is 5.47. The fourth-order valence-electron chi connectivity index (χ4n) is 3.67. The van der Waals surface area contributed by atoms with Crippen molar-refractivity contribution in [2.75, 3.05) is 6.54 Å². The van der Waals surface area contributed by atoms with Crippen molar-refractivity contribution >= 4 is 11.8 Å². The first-order valence-electron chi connectivity index (χ1n) is 9.63. The summed E-state index contributed by atoms with van der Waals surface area (Å²) < 4.78 is 5.56. The Balaban J connectivity index is 1.60. The van der Waals surface area contributed by atoms with Crippen LogP contribution in [0, 0.1) is 17.0 Å². The molecule has 6 heteroatoms. The van der Waals surface area contributed by atoms with Crippen molar-refractivity contribution in [2.24, 2.45) is 0 Å². The molecule has 0 N–H and O–H groups in total. The average Bonchev–Trinajstić information content (AvgIpc) is 3.06. The third kappa shape index (κ3) is 4.50. The van der Waals surface area contributed by atoms with Gasteiger partial charge in [0.2, 0.25) is 0 Å². The van der Waals surface area contributed by atoms with Crippen LogP contribution in [0.1, 0.15) is 55.3 Å². The van der Waals surface area contributed by atoms with Crippen molar-refractivity contribution in [1.29, 1.82) is 0 Å². The topological polar surface area (TPSA) is 72.7 Å². The Kier molecular flexibility index (Phi) is 5.97. The van der Waals surface area contributed by atoms with Gasteiger partial charge in [0, 0.05) is 12.1 Å². The Morgan fingerprint density at radius 2 is 1.89 bits per heavy atom. The summed E-state index contributed by atoms with van der Waals surface area (Å²) in [5.74, 6) is 0.391. The number of hydrogen-bond donors (Lipinski definition) is 0. The van der Waals surface area contributed by atoms with Crippen molar-refractivity contribution in [2.45, 2.75) is 51.7 Å². The van der Waals surface area contributed by atoms with E-state index in [9.17, 15) is 14.9 Å². The maximum absolute atomic E-state index is 12.3. The van der Waals surface area contributed by atoms with Gasteiger partial charge in [0.15, 0.2) is 0 Å². The molecule has 3 rings (SSSR count). The number of non-ortho nitro benzene ring substituents is 1. The lowest BCUT2D eigenvalue weighted by Gasteiger charge is -2.22. The Hall–Kier alpha value is -2.89. The van der Waals surface area contributed by atoms with Crippen LogP contribution in [0.15, 0.2) is 48.5 Å². The first-order chi connectivity index (χ1) is 13.3. The van der Waals surface area contributed by atoms with Gasteiger partial charge in [0.1, 0.15) is 6.10 Å². The molecule has 1 fully saturated rings. The second kappa shape index (κ2) is 8.42. The molecule has 0 radical (unpaired) electrons. The highest BCUT2D eigenvalue weighted by Crippen LogP contribution is 2.30. The molecule has 1 amide bonds. The lowest BCUT2D eigenvalue weighted by Crippen LogP contribution is -2.28. The molecule has 0 bridgehead atoms. The molecule has 3 atom stereocenters. The summed E-state index contributed by atoms with van der Waals surface area (Å²) in [6, 6.07) is 14.6. The first kappa shape index (κ1) is 19.9. The summed E-state index contributed by atoms with van der Waals surface area (Å²) in [4.78, 5) is 24.6. The van der Waals surface area contributed by atoms with Crippen LogP contribution in [0.25, 0.3) is 0 Å². The zero-order valence-electron chi connectivity index (χ0n) is 16.5. The van der Waals surface area contributed by atoms with Gasteiger partial charge in [-0.2, -0.15) is 0 Å². The minimum Gasteiger partial charge on any atom is -0.444 e. The Morgan fingerprint density at radius 1 is 1.18 bits per heavy atom. The van der Waals surface area contributed by atoms with Gasteiger partial charge >= 0.3 is 6.09 Å². The SMILES string of the molecule is Cc1cccc([C@H](C)CC[C@H]2CN([C@@H](C)c3cccc([N+](=O)[O-])c3)C(=O)O2)c1. The van der Waals surface area contributed by atoms with Gasteiger partial charge in [0.05, 0.1) is 17.5 Å². The Bertz CT molecular complexity index is 867. The van der Waals surface area contributed by atoms with E-state index in [1.807, 2.05) is 6.92 Å². The number of carbonyl (C=O) groups is 1. The third-order valence-corrected chi connectivity index (χ3v) is 5.47. The van der Waals surface area contributed by atoms with E-state index in [1.165, 1.54) is 23.3 Å². The lowest BCUT2D eigenvalue weighted by molar-refractivity contribution is -0.384. The number of carbonyl (C=O) groups excluding carboxylic acids is 1. The Morgan fingerprint density at radius 3 is 2.61 bits per heavy atom. The van der Waals surface area contributed by atoms with E-state index in [1.54, 1.807) is 17.0 Å². The largest absolute Gasteiger partial charge is 0.444 e. The number of nitro benzene ring substituents is 1. The molecule has 0 aliphatic carbocycles. The van der Waals surface area contributed by atoms with Crippen molar-refractivity contribution in [3.8, 4) is 0 Å². The van der Waals surface area contributed by atoms with Crippen LogP contribution in [0.5, 0.6) is 0 Å². The smallest absolute Gasteiger partial charge is 0.410 e. The quantitative estimate of drug-likeness (QED) is 0.477. The fraction of sp³-hybridized carbons (Fsp3) is 0.409. The number of cyclic esters (lactones) is 1. The maximum atomic E-state index is 12.3. The summed E-state index contributed by atoms with van der Waals surface area (Å²) in [6.07, 6.45) is 1.22. The van der Waals surface area contributed by atoms with Crippen molar-refractivity contribution in [3.63, 3.8) is 0 Å². The molecule has 1 aliphatic heterocycles. The number of aryl methyl sites for hydroxylation is 1. The molecule has 28 heavy (non-hydrogen) atoms. The first-order valence-corrected chi connectivity index (χ1v) is 9.63. The minimum absolute atomic E-state index is 0.0282. The predicted octanol–water partition coefficient (Wildman–Crippen LogP) is 5.37. The van der Waals surface area contributed by atoms with Gasteiger partial charge in [-0.25, -0.2) is 4.79 Å². The van der Waals surface area contributed by atoms with Crippen LogP contribution >= 0.6 is 0 Å². The van der Waals surface area contributed by atoms with Crippen LogP contribution in [-0.2, 0) is 4.74 Å². The van der Waals surface area contributed by atoms with Gasteiger partial charge in [-0.1, -0.05) is 48.9 Å². The van der Waals surface area contributed by atoms with Crippen molar-refractivity contribution in [1.82, 2.24) is 4.90 Å². The van der Waals surface area contributed by atoms with Gasteiger partial charge in [-0.05, 0) is 43.7 Å². The summed E-state index contributed by atoms with van der Waals surface area (Å²) in [6.45, 7) is 6.65. The minimum atomic E-state index is -0.423. The van der Waals surface area contributed by atoms with Crippen molar-refractivity contribution < 1.29 is 14.5 Å². The van der Waals surface area contributed by atoms with Gasteiger partial charge in [-0.15, -0.1) is 0 Å². The molecular weight excluding hydrogens is 356 g/mol. The number of rotatable bonds is 7. The van der Waals surface area contributed by atoms with Crippen LogP contribution in [0.3, 0.4) is 0 Å². The maximum Gasteiger partial charge on any atom is 0.410 e. The van der Waals surface area contributed by atoms with E-state index in [0.717, 1.165) is 18.4 Å². The normalized spacial score (nSPS) is 18.6. The number of benzene rings is 2. The molecule has 2 aromatic carbocycles. The molecular formula is C22H26N2O4.